The Morgan fingerprint density at radius 1 is 1.15 bits per heavy atom. The molecule has 6 nitrogen and oxygen atoms in total. The zero-order valence-corrected chi connectivity index (χ0v) is 12.1. The predicted octanol–water partition coefficient (Wildman–Crippen LogP) is 0.425. The highest BCUT2D eigenvalue weighted by Gasteiger charge is 2.29. The monoisotopic (exact) mass is 282 g/mol. The van der Waals surface area contributed by atoms with Gasteiger partial charge in [-0.1, -0.05) is 12.8 Å². The minimum absolute atomic E-state index is 0.00627. The number of nitrogens with zero attached hydrogens (tertiary/aromatic N) is 1. The maximum absolute atomic E-state index is 12.2. The highest BCUT2D eigenvalue weighted by molar-refractivity contribution is 5.80. The van der Waals surface area contributed by atoms with Crippen LogP contribution in [0.15, 0.2) is 0 Å². The Bertz CT molecular complexity index is 342. The molecule has 0 spiro atoms. The minimum atomic E-state index is -0.0929. The largest absolute Gasteiger partial charge is 0.355 e. The van der Waals surface area contributed by atoms with Crippen LogP contribution in [-0.2, 0) is 4.79 Å². The van der Waals surface area contributed by atoms with Gasteiger partial charge < -0.3 is 21.3 Å². The number of urea groups is 1. The molecule has 1 saturated carbocycles. The molecule has 6 heteroatoms. The summed E-state index contributed by atoms with van der Waals surface area (Å²) in [6.45, 7) is 2.22. The molecule has 2 rings (SSSR count). The van der Waals surface area contributed by atoms with Gasteiger partial charge in [0.2, 0.25) is 5.91 Å². The standard InChI is InChI=1S/C14H26N4O2/c15-7-8-16-13(19)11-4-3-9-18(10-11)14(20)17-12-5-1-2-6-12/h11-12H,1-10,15H2,(H,16,19)(H,17,20). The molecule has 2 fully saturated rings. The van der Waals surface area contributed by atoms with Crippen molar-refractivity contribution in [1.29, 1.82) is 0 Å². The van der Waals surface area contributed by atoms with E-state index in [9.17, 15) is 9.59 Å². The second-order valence-corrected chi connectivity index (χ2v) is 5.80. The molecule has 0 aromatic carbocycles. The van der Waals surface area contributed by atoms with Crippen LogP contribution in [0.25, 0.3) is 0 Å². The van der Waals surface area contributed by atoms with Crippen LogP contribution < -0.4 is 16.4 Å². The molecular formula is C14H26N4O2. The minimum Gasteiger partial charge on any atom is -0.355 e. The summed E-state index contributed by atoms with van der Waals surface area (Å²) in [5, 5.41) is 5.90. The SMILES string of the molecule is NCCNC(=O)C1CCCN(C(=O)NC2CCCC2)C1. The van der Waals surface area contributed by atoms with Gasteiger partial charge in [-0.15, -0.1) is 0 Å². The molecule has 1 aliphatic heterocycles. The van der Waals surface area contributed by atoms with E-state index in [2.05, 4.69) is 10.6 Å². The lowest BCUT2D eigenvalue weighted by Gasteiger charge is -2.32. The summed E-state index contributed by atoms with van der Waals surface area (Å²) >= 11 is 0. The Hall–Kier alpha value is -1.30. The predicted molar refractivity (Wildman–Crippen MR) is 77.1 cm³/mol. The number of piperidine rings is 1. The van der Waals surface area contributed by atoms with E-state index >= 15 is 0 Å². The van der Waals surface area contributed by atoms with E-state index in [0.717, 1.165) is 32.2 Å². The van der Waals surface area contributed by atoms with Crippen molar-refractivity contribution in [3.05, 3.63) is 0 Å². The van der Waals surface area contributed by atoms with Crippen molar-refractivity contribution in [1.82, 2.24) is 15.5 Å². The third kappa shape index (κ3) is 4.10. The lowest BCUT2D eigenvalue weighted by Crippen LogP contribution is -2.50. The Labute approximate surface area is 120 Å². The summed E-state index contributed by atoms with van der Waals surface area (Å²) in [4.78, 5) is 25.9. The van der Waals surface area contributed by atoms with Crippen LogP contribution in [0.4, 0.5) is 4.79 Å². The molecule has 114 valence electrons. The molecular weight excluding hydrogens is 256 g/mol. The van der Waals surface area contributed by atoms with Crippen LogP contribution in [0.5, 0.6) is 0 Å². The lowest BCUT2D eigenvalue weighted by atomic mass is 9.97. The summed E-state index contributed by atoms with van der Waals surface area (Å²) < 4.78 is 0. The Morgan fingerprint density at radius 2 is 1.90 bits per heavy atom. The van der Waals surface area contributed by atoms with E-state index in [1.165, 1.54) is 12.8 Å². The summed E-state index contributed by atoms with van der Waals surface area (Å²) in [5.41, 5.74) is 5.38. The highest BCUT2D eigenvalue weighted by Crippen LogP contribution is 2.20. The van der Waals surface area contributed by atoms with Crippen molar-refractivity contribution in [2.24, 2.45) is 11.7 Å². The fourth-order valence-corrected chi connectivity index (χ4v) is 3.05. The van der Waals surface area contributed by atoms with Crippen molar-refractivity contribution >= 4 is 11.9 Å². The fourth-order valence-electron chi connectivity index (χ4n) is 3.05. The van der Waals surface area contributed by atoms with E-state index in [1.54, 1.807) is 4.90 Å². The molecule has 0 bridgehead atoms. The summed E-state index contributed by atoms with van der Waals surface area (Å²) in [6, 6.07) is 0.321. The number of carbonyl (C=O) groups excluding carboxylic acids is 2. The lowest BCUT2D eigenvalue weighted by molar-refractivity contribution is -0.126. The van der Waals surface area contributed by atoms with E-state index < -0.39 is 0 Å². The van der Waals surface area contributed by atoms with Gasteiger partial charge in [0.15, 0.2) is 0 Å². The molecule has 0 aromatic heterocycles. The summed E-state index contributed by atoms with van der Waals surface area (Å²) in [5.74, 6) is -0.0709. The van der Waals surface area contributed by atoms with Gasteiger partial charge in [0.25, 0.3) is 0 Å². The van der Waals surface area contributed by atoms with E-state index in [0.29, 0.717) is 25.7 Å². The number of carbonyl (C=O) groups is 2. The first-order valence-electron chi connectivity index (χ1n) is 7.74. The van der Waals surface area contributed by atoms with E-state index in [4.69, 9.17) is 5.73 Å². The molecule has 20 heavy (non-hydrogen) atoms. The Morgan fingerprint density at radius 3 is 2.60 bits per heavy atom. The van der Waals surface area contributed by atoms with Gasteiger partial charge in [-0.3, -0.25) is 4.79 Å². The van der Waals surface area contributed by atoms with E-state index in [-0.39, 0.29) is 17.9 Å². The van der Waals surface area contributed by atoms with Crippen molar-refractivity contribution in [3.8, 4) is 0 Å². The number of hydrogen-bond donors (Lipinski definition) is 3. The molecule has 1 aliphatic carbocycles. The summed E-state index contributed by atoms with van der Waals surface area (Å²) in [6.07, 6.45) is 6.31. The van der Waals surface area contributed by atoms with Crippen molar-refractivity contribution in [3.63, 3.8) is 0 Å². The Kier molecular flexibility index (Phi) is 5.64. The van der Waals surface area contributed by atoms with Crippen molar-refractivity contribution < 1.29 is 9.59 Å². The molecule has 1 atom stereocenters. The maximum Gasteiger partial charge on any atom is 0.317 e. The zero-order valence-electron chi connectivity index (χ0n) is 12.1. The molecule has 3 amide bonds. The van der Waals surface area contributed by atoms with Crippen LogP contribution in [-0.4, -0.2) is 49.1 Å². The van der Waals surface area contributed by atoms with Crippen molar-refractivity contribution in [2.75, 3.05) is 26.2 Å². The first kappa shape index (κ1) is 15.1. The third-order valence-corrected chi connectivity index (χ3v) is 4.21. The first-order chi connectivity index (χ1) is 9.70. The van der Waals surface area contributed by atoms with Gasteiger partial charge in [0.1, 0.15) is 0 Å². The smallest absolute Gasteiger partial charge is 0.317 e. The number of nitrogens with one attached hydrogen (secondary N) is 2. The molecule has 1 saturated heterocycles. The number of nitrogens with two attached hydrogens (primary N) is 1. The van der Waals surface area contributed by atoms with Gasteiger partial charge in [0.05, 0.1) is 5.92 Å². The first-order valence-corrected chi connectivity index (χ1v) is 7.74. The van der Waals surface area contributed by atoms with Gasteiger partial charge in [-0.2, -0.15) is 0 Å². The van der Waals surface area contributed by atoms with Crippen LogP contribution in [0, 0.1) is 5.92 Å². The van der Waals surface area contributed by atoms with Gasteiger partial charge >= 0.3 is 6.03 Å². The topological polar surface area (TPSA) is 87.5 Å². The van der Waals surface area contributed by atoms with Crippen LogP contribution in [0.1, 0.15) is 38.5 Å². The fraction of sp³-hybridized carbons (Fsp3) is 0.857. The number of likely N-dealkylation sites (tertiary alicyclic amines) is 1. The molecule has 1 unspecified atom stereocenters. The normalized spacial score (nSPS) is 23.6. The van der Waals surface area contributed by atoms with E-state index in [1.807, 2.05) is 0 Å². The average molecular weight is 282 g/mol. The summed E-state index contributed by atoms with van der Waals surface area (Å²) in [7, 11) is 0. The molecule has 0 aromatic rings. The molecule has 0 radical (unpaired) electrons. The molecule has 4 N–H and O–H groups in total. The van der Waals surface area contributed by atoms with Gasteiger partial charge in [-0.05, 0) is 25.7 Å². The maximum atomic E-state index is 12.2. The second-order valence-electron chi connectivity index (χ2n) is 5.80. The Balaban J connectivity index is 1.79. The number of rotatable bonds is 4. The van der Waals surface area contributed by atoms with Crippen LogP contribution in [0.2, 0.25) is 0 Å². The third-order valence-electron chi connectivity index (χ3n) is 4.21. The molecule has 1 heterocycles. The number of hydrogen-bond acceptors (Lipinski definition) is 3. The van der Waals surface area contributed by atoms with Gasteiger partial charge in [0, 0.05) is 32.2 Å². The zero-order chi connectivity index (χ0) is 14.4. The quantitative estimate of drug-likeness (QED) is 0.698. The van der Waals surface area contributed by atoms with Crippen molar-refractivity contribution in [2.45, 2.75) is 44.6 Å². The van der Waals surface area contributed by atoms with Crippen LogP contribution >= 0.6 is 0 Å². The van der Waals surface area contributed by atoms with Crippen LogP contribution in [0.3, 0.4) is 0 Å². The molecule has 2 aliphatic rings. The average Bonchev–Trinajstić information content (AvgIpc) is 2.97. The van der Waals surface area contributed by atoms with Gasteiger partial charge in [-0.25, -0.2) is 4.79 Å². The second kappa shape index (κ2) is 7.47. The highest BCUT2D eigenvalue weighted by atomic mass is 16.2. The number of amides is 3.